The molecule has 14 rings (SSSR count). The third kappa shape index (κ3) is 6.28. The lowest BCUT2D eigenvalue weighted by Gasteiger charge is -2.35. The van der Waals surface area contributed by atoms with Crippen LogP contribution in [-0.2, 0) is 5.41 Å². The highest BCUT2D eigenvalue weighted by atomic mass is 15.1. The van der Waals surface area contributed by atoms with Gasteiger partial charge in [-0.1, -0.05) is 237 Å². The predicted octanol–water partition coefficient (Wildman–Crippen LogP) is 18.3. The van der Waals surface area contributed by atoms with E-state index < -0.39 is 5.41 Å². The second-order valence-corrected chi connectivity index (χ2v) is 18.7. The van der Waals surface area contributed by atoms with E-state index in [2.05, 4.69) is 289 Å². The lowest BCUT2D eigenvalue weighted by Crippen LogP contribution is -2.29. The van der Waals surface area contributed by atoms with Gasteiger partial charge >= 0.3 is 0 Å². The maximum atomic E-state index is 2.55. The van der Waals surface area contributed by atoms with Gasteiger partial charge in [-0.3, -0.25) is 0 Å². The van der Waals surface area contributed by atoms with Crippen molar-refractivity contribution in [1.82, 2.24) is 4.57 Å². The van der Waals surface area contributed by atoms with Crippen LogP contribution in [0.15, 0.2) is 279 Å². The SMILES string of the molecule is c1ccc(C2(c3ccccc3)c3ccccc3-c3cccc(-n4c5ccccc5c5ccc(-c6ccccc6-c6ccccc6N(c6ccc7ccccc7c6)c6cccc7ccccc67)cc54)c32)cc1. The third-order valence-corrected chi connectivity index (χ3v) is 15.0. The zero-order valence-corrected chi connectivity index (χ0v) is 39.0. The molecule has 0 saturated carbocycles. The molecule has 1 aliphatic carbocycles. The molecule has 0 unspecified atom stereocenters. The zero-order valence-electron chi connectivity index (χ0n) is 39.0. The molecule has 71 heavy (non-hydrogen) atoms. The molecule has 1 heterocycles. The number of hydrogen-bond acceptors (Lipinski definition) is 1. The van der Waals surface area contributed by atoms with Gasteiger partial charge in [-0.15, -0.1) is 0 Å². The quantitative estimate of drug-likeness (QED) is 0.147. The van der Waals surface area contributed by atoms with Crippen molar-refractivity contribution in [2.75, 3.05) is 4.90 Å². The van der Waals surface area contributed by atoms with Crippen LogP contribution in [0.2, 0.25) is 0 Å². The molecule has 0 atom stereocenters. The van der Waals surface area contributed by atoms with E-state index in [0.29, 0.717) is 0 Å². The first-order valence-electron chi connectivity index (χ1n) is 24.6. The van der Waals surface area contributed by atoms with Crippen LogP contribution in [0, 0.1) is 0 Å². The standard InChI is InChI=1S/C69H46N2/c1-3-25-51(26-4-1)69(52-27-5-2-6-28-52)62-36-16-13-32-57(62)61-35-20-40-66(68(61)69)71-65-38-18-15-34-59(65)60-44-42-50(46-67(60)71)54-29-11-12-31-56(54)58-33-14-17-37-64(58)70(53-43-41-47-21-7-8-23-49(47)45-53)63-39-19-24-48-22-9-10-30-55(48)63/h1-46H. The average Bonchev–Trinajstić information content (AvgIpc) is 3.94. The number of rotatable bonds is 8. The summed E-state index contributed by atoms with van der Waals surface area (Å²) in [7, 11) is 0. The predicted molar refractivity (Wildman–Crippen MR) is 299 cm³/mol. The minimum atomic E-state index is -0.572. The van der Waals surface area contributed by atoms with Crippen LogP contribution >= 0.6 is 0 Å². The molecule has 1 aliphatic rings. The smallest absolute Gasteiger partial charge is 0.0734 e. The van der Waals surface area contributed by atoms with Crippen molar-refractivity contribution in [3.05, 3.63) is 301 Å². The van der Waals surface area contributed by atoms with E-state index in [1.807, 2.05) is 0 Å². The Balaban J connectivity index is 1.01. The Morgan fingerprint density at radius 1 is 0.310 bits per heavy atom. The van der Waals surface area contributed by atoms with E-state index in [9.17, 15) is 0 Å². The minimum absolute atomic E-state index is 0.572. The van der Waals surface area contributed by atoms with Gasteiger partial charge in [0.05, 0.1) is 33.5 Å². The first-order chi connectivity index (χ1) is 35.3. The Labute approximate surface area is 413 Å². The summed E-state index contributed by atoms with van der Waals surface area (Å²) in [5.74, 6) is 0. The first-order valence-corrected chi connectivity index (χ1v) is 24.6. The molecular weight excluding hydrogens is 857 g/mol. The summed E-state index contributed by atoms with van der Waals surface area (Å²) >= 11 is 0. The molecule has 2 heteroatoms. The van der Waals surface area contributed by atoms with E-state index in [1.54, 1.807) is 0 Å². The summed E-state index contributed by atoms with van der Waals surface area (Å²) in [6.45, 7) is 0. The van der Waals surface area contributed by atoms with Gasteiger partial charge in [-0.25, -0.2) is 0 Å². The van der Waals surface area contributed by atoms with Crippen molar-refractivity contribution in [3.63, 3.8) is 0 Å². The van der Waals surface area contributed by atoms with Crippen molar-refractivity contribution in [1.29, 1.82) is 0 Å². The van der Waals surface area contributed by atoms with Crippen LogP contribution in [0.1, 0.15) is 22.3 Å². The van der Waals surface area contributed by atoms with E-state index in [1.165, 1.54) is 93.5 Å². The highest BCUT2D eigenvalue weighted by Crippen LogP contribution is 2.58. The Bertz CT molecular complexity index is 4140. The van der Waals surface area contributed by atoms with E-state index in [0.717, 1.165) is 28.2 Å². The fraction of sp³-hybridized carbons (Fsp3) is 0.0145. The van der Waals surface area contributed by atoms with Crippen molar-refractivity contribution in [3.8, 4) is 39.1 Å². The summed E-state index contributed by atoms with van der Waals surface area (Å²) in [6, 6.07) is 103. The fourth-order valence-corrected chi connectivity index (χ4v) is 12.1. The maximum absolute atomic E-state index is 2.55. The Morgan fingerprint density at radius 2 is 0.873 bits per heavy atom. The molecule has 332 valence electrons. The van der Waals surface area contributed by atoms with Crippen LogP contribution in [-0.4, -0.2) is 4.57 Å². The van der Waals surface area contributed by atoms with E-state index >= 15 is 0 Å². The second kappa shape index (κ2) is 16.5. The number of aromatic nitrogens is 1. The van der Waals surface area contributed by atoms with Crippen LogP contribution in [0.25, 0.3) is 82.4 Å². The molecule has 0 aliphatic heterocycles. The highest BCUT2D eigenvalue weighted by molar-refractivity contribution is 6.11. The number of para-hydroxylation sites is 2. The molecule has 12 aromatic carbocycles. The van der Waals surface area contributed by atoms with Crippen molar-refractivity contribution < 1.29 is 0 Å². The number of hydrogen-bond donors (Lipinski definition) is 0. The number of benzene rings is 12. The molecule has 0 amide bonds. The third-order valence-electron chi connectivity index (χ3n) is 15.0. The summed E-state index contributed by atoms with van der Waals surface area (Å²) in [6.07, 6.45) is 0. The molecule has 1 aromatic heterocycles. The number of anilines is 3. The lowest BCUT2D eigenvalue weighted by molar-refractivity contribution is 0.762. The van der Waals surface area contributed by atoms with Crippen molar-refractivity contribution in [2.45, 2.75) is 5.41 Å². The van der Waals surface area contributed by atoms with Gasteiger partial charge in [0.2, 0.25) is 0 Å². The first kappa shape index (κ1) is 40.8. The van der Waals surface area contributed by atoms with Gasteiger partial charge in [0.15, 0.2) is 0 Å². The molecule has 0 fully saturated rings. The van der Waals surface area contributed by atoms with Crippen molar-refractivity contribution >= 4 is 60.4 Å². The second-order valence-electron chi connectivity index (χ2n) is 18.7. The average molecular weight is 903 g/mol. The monoisotopic (exact) mass is 902 g/mol. The van der Waals surface area contributed by atoms with Gasteiger partial charge in [0, 0.05) is 33.0 Å². The van der Waals surface area contributed by atoms with Gasteiger partial charge < -0.3 is 9.47 Å². The van der Waals surface area contributed by atoms with Crippen LogP contribution in [0.3, 0.4) is 0 Å². The normalized spacial score (nSPS) is 12.6. The highest BCUT2D eigenvalue weighted by Gasteiger charge is 2.48. The van der Waals surface area contributed by atoms with Crippen LogP contribution in [0.4, 0.5) is 17.1 Å². The molecule has 13 aromatic rings. The summed E-state index contributed by atoms with van der Waals surface area (Å²) < 4.78 is 2.55. The molecule has 0 spiro atoms. The molecule has 0 saturated heterocycles. The molecule has 0 radical (unpaired) electrons. The maximum Gasteiger partial charge on any atom is 0.0734 e. The Hall–Kier alpha value is -9.24. The topological polar surface area (TPSA) is 8.17 Å². The van der Waals surface area contributed by atoms with Crippen LogP contribution in [0.5, 0.6) is 0 Å². The zero-order chi connectivity index (χ0) is 46.9. The van der Waals surface area contributed by atoms with E-state index in [4.69, 9.17) is 0 Å². The Morgan fingerprint density at radius 3 is 1.68 bits per heavy atom. The fourth-order valence-electron chi connectivity index (χ4n) is 12.1. The summed E-state index contributed by atoms with van der Waals surface area (Å²) in [5.41, 5.74) is 18.6. The summed E-state index contributed by atoms with van der Waals surface area (Å²) in [5, 5.41) is 7.27. The Kier molecular flexibility index (Phi) is 9.47. The largest absolute Gasteiger partial charge is 0.309 e. The van der Waals surface area contributed by atoms with Crippen molar-refractivity contribution in [2.24, 2.45) is 0 Å². The van der Waals surface area contributed by atoms with Gasteiger partial charge in [-0.2, -0.15) is 0 Å². The minimum Gasteiger partial charge on any atom is -0.309 e. The lowest BCUT2D eigenvalue weighted by atomic mass is 9.67. The van der Waals surface area contributed by atoms with Gasteiger partial charge in [0.1, 0.15) is 0 Å². The van der Waals surface area contributed by atoms with Crippen LogP contribution < -0.4 is 4.90 Å². The van der Waals surface area contributed by atoms with Gasteiger partial charge in [-0.05, 0) is 103 Å². The molecular formula is C69H46N2. The molecule has 0 N–H and O–H groups in total. The van der Waals surface area contributed by atoms with E-state index in [-0.39, 0.29) is 0 Å². The molecule has 2 nitrogen and oxygen atoms in total. The van der Waals surface area contributed by atoms with Gasteiger partial charge in [0.25, 0.3) is 0 Å². The summed E-state index contributed by atoms with van der Waals surface area (Å²) in [4.78, 5) is 2.46. The number of fused-ring (bicyclic) bond motifs is 8. The number of nitrogens with zero attached hydrogens (tertiary/aromatic N) is 2. The molecule has 0 bridgehead atoms.